The molecule has 0 N–H and O–H groups in total. The van der Waals surface area contributed by atoms with Gasteiger partial charge in [0.2, 0.25) is 0 Å². The Bertz CT molecular complexity index is 362. The van der Waals surface area contributed by atoms with Gasteiger partial charge in [0.15, 0.2) is 0 Å². The second-order valence-electron chi connectivity index (χ2n) is 4.23. The van der Waals surface area contributed by atoms with Crippen LogP contribution in [0, 0.1) is 0 Å². The summed E-state index contributed by atoms with van der Waals surface area (Å²) in [5, 5.41) is -0.518. The largest absolute Gasteiger partial charge is 0.455 e. The maximum atomic E-state index is 10.7. The summed E-state index contributed by atoms with van der Waals surface area (Å²) < 4.78 is 5.00. The van der Waals surface area contributed by atoms with E-state index in [1.165, 1.54) is 11.1 Å². The third kappa shape index (κ3) is 5.04. The van der Waals surface area contributed by atoms with Crippen LogP contribution in [0.3, 0.4) is 0 Å². The quantitative estimate of drug-likeness (QED) is 0.623. The van der Waals surface area contributed by atoms with Crippen LogP contribution in [0.2, 0.25) is 0 Å². The van der Waals surface area contributed by atoms with E-state index in [-0.39, 0.29) is 6.10 Å². The Balaban J connectivity index is 2.56. The predicted octanol–water partition coefficient (Wildman–Crippen LogP) is 4.06. The number of thiol groups is 2. The fourth-order valence-electron chi connectivity index (χ4n) is 1.81. The van der Waals surface area contributed by atoms with Crippen molar-refractivity contribution in [3.63, 3.8) is 0 Å². The van der Waals surface area contributed by atoms with Crippen LogP contribution in [0.15, 0.2) is 24.3 Å². The summed E-state index contributed by atoms with van der Waals surface area (Å²) in [6.07, 6.45) is 0.687. The summed E-state index contributed by atoms with van der Waals surface area (Å²) in [6, 6.07) is 8.36. The van der Waals surface area contributed by atoms with Crippen molar-refractivity contribution in [2.24, 2.45) is 0 Å². The van der Waals surface area contributed by atoms with Crippen molar-refractivity contribution >= 4 is 30.6 Å². The zero-order chi connectivity index (χ0) is 12.8. The molecule has 2 nitrogen and oxygen atoms in total. The van der Waals surface area contributed by atoms with Gasteiger partial charge in [0.25, 0.3) is 0 Å². The number of carbonyl (C=O) groups excluding carboxylic acids is 1. The summed E-state index contributed by atoms with van der Waals surface area (Å²) in [6.45, 7) is 4.01. The molecule has 0 aliphatic rings. The molecular formula is C13H18O2S2. The van der Waals surface area contributed by atoms with Gasteiger partial charge in [0.05, 0.1) is 0 Å². The van der Waals surface area contributed by atoms with E-state index in [0.29, 0.717) is 5.92 Å². The minimum atomic E-state index is -0.518. The molecule has 0 aliphatic carbocycles. The van der Waals surface area contributed by atoms with Crippen LogP contribution >= 0.6 is 25.3 Å². The zero-order valence-electron chi connectivity index (χ0n) is 10.1. The Morgan fingerprint density at radius 3 is 2.35 bits per heavy atom. The van der Waals surface area contributed by atoms with Crippen LogP contribution < -0.4 is 0 Å². The molecule has 1 rings (SSSR count). The van der Waals surface area contributed by atoms with Gasteiger partial charge in [0, 0.05) is 5.75 Å². The molecule has 0 amide bonds. The molecule has 1 aromatic carbocycles. The van der Waals surface area contributed by atoms with Gasteiger partial charge in [-0.05, 0) is 30.4 Å². The van der Waals surface area contributed by atoms with Gasteiger partial charge in [-0.3, -0.25) is 0 Å². The van der Waals surface area contributed by atoms with E-state index in [1.54, 1.807) is 0 Å². The maximum Gasteiger partial charge on any atom is 0.364 e. The Labute approximate surface area is 114 Å². The molecule has 0 saturated heterocycles. The monoisotopic (exact) mass is 270 g/mol. The van der Waals surface area contributed by atoms with Crippen LogP contribution in [-0.2, 0) is 10.5 Å². The summed E-state index contributed by atoms with van der Waals surface area (Å²) in [7, 11) is 0. The van der Waals surface area contributed by atoms with E-state index in [0.717, 1.165) is 12.2 Å². The van der Waals surface area contributed by atoms with Crippen molar-refractivity contribution in [3.05, 3.63) is 35.4 Å². The molecule has 2 unspecified atom stereocenters. The number of rotatable bonds is 5. The lowest BCUT2D eigenvalue weighted by Crippen LogP contribution is -2.13. The molecule has 2 atom stereocenters. The van der Waals surface area contributed by atoms with Crippen LogP contribution in [0.25, 0.3) is 0 Å². The van der Waals surface area contributed by atoms with Crippen molar-refractivity contribution in [3.8, 4) is 0 Å². The first kappa shape index (κ1) is 14.5. The van der Waals surface area contributed by atoms with Gasteiger partial charge in [-0.2, -0.15) is 12.6 Å². The first-order chi connectivity index (χ1) is 8.02. The Morgan fingerprint density at radius 2 is 1.88 bits per heavy atom. The molecule has 0 aliphatic heterocycles. The average Bonchev–Trinajstić information content (AvgIpc) is 2.28. The highest BCUT2D eigenvalue weighted by molar-refractivity contribution is 7.96. The van der Waals surface area contributed by atoms with E-state index in [2.05, 4.69) is 56.4 Å². The van der Waals surface area contributed by atoms with Crippen LogP contribution in [0.5, 0.6) is 0 Å². The molecule has 1 aromatic rings. The summed E-state index contributed by atoms with van der Waals surface area (Å²) in [5.41, 5.74) is 2.46. The minimum absolute atomic E-state index is 0.112. The summed E-state index contributed by atoms with van der Waals surface area (Å²) in [5.74, 6) is 1.11. The molecule has 4 heteroatoms. The highest BCUT2D eigenvalue weighted by Crippen LogP contribution is 2.22. The lowest BCUT2D eigenvalue weighted by atomic mass is 9.95. The van der Waals surface area contributed by atoms with Gasteiger partial charge in [-0.25, -0.2) is 4.79 Å². The van der Waals surface area contributed by atoms with E-state index in [9.17, 15) is 4.79 Å². The molecule has 94 valence electrons. The molecule has 0 spiro atoms. The van der Waals surface area contributed by atoms with Crippen molar-refractivity contribution in [1.29, 1.82) is 0 Å². The van der Waals surface area contributed by atoms with Crippen molar-refractivity contribution in [2.45, 2.75) is 38.0 Å². The lowest BCUT2D eigenvalue weighted by molar-refractivity contribution is 0.124. The van der Waals surface area contributed by atoms with Gasteiger partial charge in [-0.15, -0.1) is 0 Å². The standard InChI is InChI=1S/C13H18O2S2/c1-9(7-10(2)15-13(14)17)12-5-3-11(8-16)4-6-12/h3-6,9-10,16H,7-8H2,1-2H3,(H,14,17). The topological polar surface area (TPSA) is 26.3 Å². The Morgan fingerprint density at radius 1 is 1.29 bits per heavy atom. The third-order valence-corrected chi connectivity index (χ3v) is 3.19. The average molecular weight is 270 g/mol. The molecule has 0 aromatic heterocycles. The lowest BCUT2D eigenvalue weighted by Gasteiger charge is -2.17. The van der Waals surface area contributed by atoms with Gasteiger partial charge < -0.3 is 4.74 Å². The highest BCUT2D eigenvalue weighted by atomic mass is 32.1. The number of carbonyl (C=O) groups is 1. The van der Waals surface area contributed by atoms with E-state index < -0.39 is 5.30 Å². The smallest absolute Gasteiger partial charge is 0.364 e. The van der Waals surface area contributed by atoms with E-state index >= 15 is 0 Å². The van der Waals surface area contributed by atoms with Gasteiger partial charge in [0.1, 0.15) is 6.10 Å². The van der Waals surface area contributed by atoms with Crippen LogP contribution in [0.1, 0.15) is 37.3 Å². The molecule has 0 saturated carbocycles. The third-order valence-electron chi connectivity index (χ3n) is 2.72. The molecule has 0 heterocycles. The normalized spacial score (nSPS) is 14.1. The summed E-state index contributed by atoms with van der Waals surface area (Å²) in [4.78, 5) is 10.7. The second-order valence-corrected chi connectivity index (χ2v) is 4.91. The fraction of sp³-hybridized carbons (Fsp3) is 0.462. The number of benzene rings is 1. The van der Waals surface area contributed by atoms with Gasteiger partial charge >= 0.3 is 5.30 Å². The number of hydrogen-bond donors (Lipinski definition) is 2. The summed E-state index contributed by atoms with van der Waals surface area (Å²) >= 11 is 7.83. The first-order valence-electron chi connectivity index (χ1n) is 5.62. The molecule has 17 heavy (non-hydrogen) atoms. The molecule has 0 radical (unpaired) electrons. The highest BCUT2D eigenvalue weighted by Gasteiger charge is 2.13. The van der Waals surface area contributed by atoms with Crippen molar-refractivity contribution in [1.82, 2.24) is 0 Å². The van der Waals surface area contributed by atoms with Crippen LogP contribution in [-0.4, -0.2) is 11.4 Å². The number of ether oxygens (including phenoxy) is 1. The second kappa shape index (κ2) is 6.97. The van der Waals surface area contributed by atoms with Crippen molar-refractivity contribution in [2.75, 3.05) is 0 Å². The maximum absolute atomic E-state index is 10.7. The van der Waals surface area contributed by atoms with Crippen molar-refractivity contribution < 1.29 is 9.53 Å². The SMILES string of the molecule is CC(CC(C)c1ccc(CS)cc1)OC(=O)S. The Kier molecular flexibility index (Phi) is 5.92. The first-order valence-corrected chi connectivity index (χ1v) is 6.70. The van der Waals surface area contributed by atoms with E-state index in [4.69, 9.17) is 4.74 Å². The molecule has 0 fully saturated rings. The predicted molar refractivity (Wildman–Crippen MR) is 77.1 cm³/mol. The van der Waals surface area contributed by atoms with Crippen LogP contribution in [0.4, 0.5) is 4.79 Å². The van der Waals surface area contributed by atoms with E-state index in [1.807, 2.05) is 6.92 Å². The van der Waals surface area contributed by atoms with Gasteiger partial charge in [-0.1, -0.05) is 43.8 Å². The molecular weight excluding hydrogens is 252 g/mol. The fourth-order valence-corrected chi connectivity index (χ4v) is 2.20. The molecule has 0 bridgehead atoms. The minimum Gasteiger partial charge on any atom is -0.455 e. The Hall–Kier alpha value is -0.610. The zero-order valence-corrected chi connectivity index (χ0v) is 11.9. The number of hydrogen-bond acceptors (Lipinski definition) is 3.